The lowest BCUT2D eigenvalue weighted by atomic mass is 10.3. The van der Waals surface area contributed by atoms with Crippen LogP contribution in [0.25, 0.3) is 0 Å². The van der Waals surface area contributed by atoms with Gasteiger partial charge < -0.3 is 0 Å². The van der Waals surface area contributed by atoms with Gasteiger partial charge >= 0.3 is 6.18 Å². The van der Waals surface area contributed by atoms with E-state index in [4.69, 9.17) is 11.6 Å². The maximum absolute atomic E-state index is 12.8. The summed E-state index contributed by atoms with van der Waals surface area (Å²) in [5.74, 6) is -0.842. The van der Waals surface area contributed by atoms with Crippen LogP contribution in [0, 0.1) is 5.82 Å². The standard InChI is InChI=1S/C13H10ClF4N3O2S/c1-21(12-11(14)6-8(7-19-12)13(16,17)18)20-24(22,23)10-4-2-9(15)3-5-10/h2-7,20H,1H3. The number of anilines is 1. The largest absolute Gasteiger partial charge is 0.417 e. The lowest BCUT2D eigenvalue weighted by Gasteiger charge is -2.20. The molecule has 0 spiro atoms. The smallest absolute Gasteiger partial charge is 0.280 e. The molecule has 0 atom stereocenters. The molecule has 1 aromatic carbocycles. The molecular formula is C13H10ClF4N3O2S. The first-order valence-corrected chi connectivity index (χ1v) is 8.11. The van der Waals surface area contributed by atoms with Gasteiger partial charge in [-0.25, -0.2) is 17.8 Å². The highest BCUT2D eigenvalue weighted by Crippen LogP contribution is 2.33. The van der Waals surface area contributed by atoms with E-state index in [2.05, 4.69) is 9.82 Å². The summed E-state index contributed by atoms with van der Waals surface area (Å²) in [6.45, 7) is 0. The van der Waals surface area contributed by atoms with Gasteiger partial charge in [-0.1, -0.05) is 11.6 Å². The molecule has 1 N–H and O–H groups in total. The Labute approximate surface area is 139 Å². The highest BCUT2D eigenvalue weighted by Gasteiger charge is 2.32. The number of rotatable bonds is 4. The Kier molecular flexibility index (Phi) is 5.02. The highest BCUT2D eigenvalue weighted by atomic mass is 35.5. The molecular weight excluding hydrogens is 374 g/mol. The van der Waals surface area contributed by atoms with E-state index in [-0.39, 0.29) is 10.7 Å². The number of hydrazine groups is 1. The van der Waals surface area contributed by atoms with Crippen LogP contribution in [-0.2, 0) is 16.2 Å². The summed E-state index contributed by atoms with van der Waals surface area (Å²) in [6.07, 6.45) is -4.09. The van der Waals surface area contributed by atoms with Gasteiger partial charge in [-0.05, 0) is 30.3 Å². The lowest BCUT2D eigenvalue weighted by Crippen LogP contribution is -2.40. The number of sulfonamides is 1. The molecule has 0 aliphatic carbocycles. The Morgan fingerprint density at radius 3 is 2.29 bits per heavy atom. The van der Waals surface area contributed by atoms with Gasteiger partial charge in [0.05, 0.1) is 15.5 Å². The maximum Gasteiger partial charge on any atom is 0.417 e. The molecule has 0 saturated heterocycles. The molecule has 11 heteroatoms. The van der Waals surface area contributed by atoms with Gasteiger partial charge in [0.15, 0.2) is 5.82 Å². The normalized spacial score (nSPS) is 12.2. The highest BCUT2D eigenvalue weighted by molar-refractivity contribution is 7.89. The molecule has 0 saturated carbocycles. The van der Waals surface area contributed by atoms with Crippen molar-refractivity contribution in [2.45, 2.75) is 11.1 Å². The van der Waals surface area contributed by atoms with Crippen LogP contribution in [0.5, 0.6) is 0 Å². The van der Waals surface area contributed by atoms with E-state index < -0.39 is 32.6 Å². The van der Waals surface area contributed by atoms with Gasteiger partial charge in [-0.2, -0.15) is 13.2 Å². The van der Waals surface area contributed by atoms with Crippen molar-refractivity contribution >= 4 is 27.4 Å². The van der Waals surface area contributed by atoms with Crippen molar-refractivity contribution in [3.8, 4) is 0 Å². The van der Waals surface area contributed by atoms with Crippen LogP contribution >= 0.6 is 11.6 Å². The van der Waals surface area contributed by atoms with E-state index >= 15 is 0 Å². The monoisotopic (exact) mass is 383 g/mol. The van der Waals surface area contributed by atoms with Crippen LogP contribution in [0.1, 0.15) is 5.56 Å². The lowest BCUT2D eigenvalue weighted by molar-refractivity contribution is -0.137. The first-order valence-electron chi connectivity index (χ1n) is 6.25. The minimum Gasteiger partial charge on any atom is -0.280 e. The van der Waals surface area contributed by atoms with Crippen LogP contribution < -0.4 is 9.84 Å². The molecule has 2 aromatic rings. The molecule has 130 valence electrons. The van der Waals surface area contributed by atoms with E-state index in [9.17, 15) is 26.0 Å². The van der Waals surface area contributed by atoms with Crippen LogP contribution in [0.4, 0.5) is 23.4 Å². The molecule has 0 aliphatic heterocycles. The summed E-state index contributed by atoms with van der Waals surface area (Å²) in [6, 6.07) is 4.61. The van der Waals surface area contributed by atoms with Crippen LogP contribution in [0.2, 0.25) is 5.02 Å². The third kappa shape index (κ3) is 4.13. The third-order valence-electron chi connectivity index (χ3n) is 2.85. The van der Waals surface area contributed by atoms with Crippen LogP contribution in [0.3, 0.4) is 0 Å². The molecule has 24 heavy (non-hydrogen) atoms. The number of aromatic nitrogens is 1. The number of nitrogens with one attached hydrogen (secondary N) is 1. The van der Waals surface area contributed by atoms with Crippen molar-refractivity contribution in [2.75, 3.05) is 12.1 Å². The van der Waals surface area contributed by atoms with Gasteiger partial charge in [0.25, 0.3) is 10.0 Å². The van der Waals surface area contributed by atoms with Gasteiger partial charge in [-0.3, -0.25) is 5.01 Å². The fourth-order valence-electron chi connectivity index (χ4n) is 1.72. The summed E-state index contributed by atoms with van der Waals surface area (Å²) < 4.78 is 74.8. The average Bonchev–Trinajstić information content (AvgIpc) is 2.46. The van der Waals surface area contributed by atoms with E-state index in [1.807, 2.05) is 0 Å². The Morgan fingerprint density at radius 1 is 1.21 bits per heavy atom. The molecule has 0 radical (unpaired) electrons. The molecule has 5 nitrogen and oxygen atoms in total. The second kappa shape index (κ2) is 6.54. The maximum atomic E-state index is 12.8. The number of hydrogen-bond donors (Lipinski definition) is 1. The summed E-state index contributed by atoms with van der Waals surface area (Å²) in [5.41, 5.74) is -1.06. The molecule has 0 amide bonds. The van der Waals surface area contributed by atoms with E-state index in [1.54, 1.807) is 0 Å². The molecule has 0 fully saturated rings. The molecule has 1 aromatic heterocycles. The second-order valence-corrected chi connectivity index (χ2v) is 6.70. The van der Waals surface area contributed by atoms with E-state index in [1.165, 1.54) is 7.05 Å². The topological polar surface area (TPSA) is 62.3 Å². The minimum atomic E-state index is -4.62. The Hall–Kier alpha value is -1.91. The average molecular weight is 384 g/mol. The predicted molar refractivity (Wildman–Crippen MR) is 79.4 cm³/mol. The van der Waals surface area contributed by atoms with Crippen LogP contribution in [0.15, 0.2) is 41.4 Å². The quantitative estimate of drug-likeness (QED) is 0.650. The number of benzene rings is 1. The zero-order chi connectivity index (χ0) is 18.1. The van der Waals surface area contributed by atoms with Gasteiger partial charge in [0.2, 0.25) is 0 Å². The van der Waals surface area contributed by atoms with Crippen molar-refractivity contribution in [2.24, 2.45) is 0 Å². The number of hydrogen-bond acceptors (Lipinski definition) is 4. The molecule has 2 rings (SSSR count). The van der Waals surface area contributed by atoms with E-state index in [0.717, 1.165) is 29.3 Å². The SMILES string of the molecule is CN(NS(=O)(=O)c1ccc(F)cc1)c1ncc(C(F)(F)F)cc1Cl. The minimum absolute atomic E-state index is 0.227. The predicted octanol–water partition coefficient (Wildman–Crippen LogP) is 3.22. The summed E-state index contributed by atoms with van der Waals surface area (Å²) >= 11 is 5.74. The third-order valence-corrected chi connectivity index (χ3v) is 4.53. The van der Waals surface area contributed by atoms with Crippen LogP contribution in [-0.4, -0.2) is 20.4 Å². The van der Waals surface area contributed by atoms with Gasteiger partial charge in [-0.15, -0.1) is 4.83 Å². The fourth-order valence-corrected chi connectivity index (χ4v) is 3.06. The Morgan fingerprint density at radius 2 is 1.79 bits per heavy atom. The van der Waals surface area contributed by atoms with Gasteiger partial charge in [0.1, 0.15) is 5.82 Å². The molecule has 0 bridgehead atoms. The van der Waals surface area contributed by atoms with Gasteiger partial charge in [0, 0.05) is 13.2 Å². The number of halogens is 5. The zero-order valence-corrected chi connectivity index (χ0v) is 13.5. The van der Waals surface area contributed by atoms with Crippen molar-refractivity contribution in [1.82, 2.24) is 9.82 Å². The molecule has 1 heterocycles. The summed E-state index contributed by atoms with van der Waals surface area (Å²) in [5, 5.41) is 0.454. The van der Waals surface area contributed by atoms with Crippen molar-refractivity contribution in [1.29, 1.82) is 0 Å². The first kappa shape index (κ1) is 18.4. The summed E-state index contributed by atoms with van der Waals surface area (Å²) in [4.78, 5) is 5.35. The van der Waals surface area contributed by atoms with E-state index in [0.29, 0.717) is 12.3 Å². The Balaban J connectivity index is 2.26. The zero-order valence-electron chi connectivity index (χ0n) is 12.0. The first-order chi connectivity index (χ1) is 11.0. The van der Waals surface area contributed by atoms with Crippen molar-refractivity contribution in [3.63, 3.8) is 0 Å². The molecule has 0 unspecified atom stereocenters. The number of nitrogens with zero attached hydrogens (tertiary/aromatic N) is 2. The van der Waals surface area contributed by atoms with Crippen molar-refractivity contribution < 1.29 is 26.0 Å². The fraction of sp³-hybridized carbons (Fsp3) is 0.154. The van der Waals surface area contributed by atoms with Crippen molar-refractivity contribution in [3.05, 3.63) is 52.9 Å². The Bertz CT molecular complexity index is 841. The second-order valence-electron chi connectivity index (χ2n) is 4.63. The number of alkyl halides is 3. The summed E-state index contributed by atoms with van der Waals surface area (Å²) in [7, 11) is -2.88. The molecule has 0 aliphatic rings. The number of pyridine rings is 1.